The summed E-state index contributed by atoms with van der Waals surface area (Å²) >= 11 is 6.48. The highest BCUT2D eigenvalue weighted by atomic mass is 35.5. The predicted octanol–water partition coefficient (Wildman–Crippen LogP) is 7.54. The summed E-state index contributed by atoms with van der Waals surface area (Å²) in [6.07, 6.45) is 13.0. The van der Waals surface area contributed by atoms with Gasteiger partial charge in [0.15, 0.2) is 0 Å². The molecule has 7 atom stereocenters. The molecule has 2 fully saturated rings. The van der Waals surface area contributed by atoms with E-state index >= 15 is 0 Å². The third-order valence-corrected chi connectivity index (χ3v) is 14.1. The van der Waals surface area contributed by atoms with Crippen LogP contribution in [0, 0.1) is 29.1 Å². The lowest BCUT2D eigenvalue weighted by Gasteiger charge is -2.51. The van der Waals surface area contributed by atoms with E-state index in [1.807, 2.05) is 45.9 Å². The zero-order valence-corrected chi connectivity index (χ0v) is 31.6. The minimum absolute atomic E-state index is 0.0514. The van der Waals surface area contributed by atoms with E-state index in [-0.39, 0.29) is 29.2 Å². The fraction of sp³-hybridized carbons (Fsp3) is 0.615. The Morgan fingerprint density at radius 2 is 2.04 bits per heavy atom. The standard InChI is InChI=1S/C39H55ClN2O6S/c1-8-32(40)19-29-12-10-17-38(27(29)5)23-42-22-31-13-15-33(31)39(47-7,21-35(43)25(2)3)18-9-11-26(4)28(6)49(45,46)41-37(44)30-14-16-36(48-24-38)34(42)20-30/h8-9,14,16,18-20,25-26,28,31,33,35,43H,5,10-13,15,17,21-24H2,1-4,6-7H3,(H,41,44)/b18-9+,29-19-,32-8+/t26-,28+,31-,33+,35-,38-,39-/m0/s1. The van der Waals surface area contributed by atoms with Crippen LogP contribution < -0.4 is 14.4 Å². The number of aliphatic hydroxyl groups excluding tert-OH is 1. The number of aliphatic hydroxyl groups is 1. The van der Waals surface area contributed by atoms with Gasteiger partial charge in [-0.15, -0.1) is 0 Å². The summed E-state index contributed by atoms with van der Waals surface area (Å²) in [5.41, 5.74) is 2.05. The van der Waals surface area contributed by atoms with Gasteiger partial charge in [-0.3, -0.25) is 4.79 Å². The van der Waals surface area contributed by atoms with Gasteiger partial charge in [0, 0.05) is 42.6 Å². The van der Waals surface area contributed by atoms with Crippen molar-refractivity contribution >= 4 is 33.2 Å². The van der Waals surface area contributed by atoms with Crippen molar-refractivity contribution in [2.45, 2.75) is 96.5 Å². The van der Waals surface area contributed by atoms with E-state index in [4.69, 9.17) is 21.1 Å². The van der Waals surface area contributed by atoms with E-state index in [0.29, 0.717) is 43.3 Å². The summed E-state index contributed by atoms with van der Waals surface area (Å²) in [6, 6.07) is 5.20. The van der Waals surface area contributed by atoms with Gasteiger partial charge in [0.1, 0.15) is 5.75 Å². The largest absolute Gasteiger partial charge is 0.490 e. The molecule has 270 valence electrons. The van der Waals surface area contributed by atoms with Crippen LogP contribution in [0.1, 0.15) is 89.9 Å². The van der Waals surface area contributed by atoms with Gasteiger partial charge in [0.25, 0.3) is 5.91 Å². The van der Waals surface area contributed by atoms with Crippen molar-refractivity contribution in [3.63, 3.8) is 0 Å². The highest BCUT2D eigenvalue weighted by molar-refractivity contribution is 7.90. The zero-order valence-electron chi connectivity index (χ0n) is 30.0. The lowest BCUT2D eigenvalue weighted by molar-refractivity contribution is -0.103. The molecule has 2 bridgehead atoms. The molecule has 0 saturated heterocycles. The lowest BCUT2D eigenvalue weighted by atomic mass is 9.62. The first-order valence-corrected chi connectivity index (χ1v) is 19.8. The first-order chi connectivity index (χ1) is 23.1. The van der Waals surface area contributed by atoms with Crippen LogP contribution in [-0.4, -0.2) is 63.2 Å². The molecule has 0 radical (unpaired) electrons. The van der Waals surface area contributed by atoms with Crippen molar-refractivity contribution in [2.24, 2.45) is 29.1 Å². The Labute approximate surface area is 298 Å². The van der Waals surface area contributed by atoms with E-state index < -0.39 is 38.3 Å². The van der Waals surface area contributed by atoms with Crippen molar-refractivity contribution in [2.75, 3.05) is 31.7 Å². The molecular weight excluding hydrogens is 660 g/mol. The Balaban J connectivity index is 1.62. The topological polar surface area (TPSA) is 105 Å². The number of hydrogen-bond acceptors (Lipinski definition) is 7. The lowest BCUT2D eigenvalue weighted by Crippen LogP contribution is -2.53. The molecule has 0 aromatic heterocycles. The van der Waals surface area contributed by atoms with Gasteiger partial charge in [0.05, 0.1) is 29.2 Å². The van der Waals surface area contributed by atoms with Crippen LogP contribution in [0.4, 0.5) is 5.69 Å². The van der Waals surface area contributed by atoms with E-state index in [2.05, 4.69) is 22.3 Å². The van der Waals surface area contributed by atoms with Crippen LogP contribution in [0.2, 0.25) is 0 Å². The van der Waals surface area contributed by atoms with Crippen molar-refractivity contribution in [1.82, 2.24) is 4.72 Å². The number of amides is 1. The zero-order chi connectivity index (χ0) is 35.7. The van der Waals surface area contributed by atoms with Gasteiger partial charge in [-0.05, 0) is 111 Å². The van der Waals surface area contributed by atoms with Crippen LogP contribution in [0.3, 0.4) is 0 Å². The molecule has 2 aliphatic carbocycles. The molecule has 2 aliphatic heterocycles. The first-order valence-electron chi connectivity index (χ1n) is 17.9. The second kappa shape index (κ2) is 14.9. The number of carbonyl (C=O) groups is 1. The number of halogens is 1. The second-order valence-electron chi connectivity index (χ2n) is 15.2. The molecule has 1 spiro atoms. The van der Waals surface area contributed by atoms with Gasteiger partial charge in [-0.2, -0.15) is 0 Å². The number of carbonyl (C=O) groups excluding carboxylic acids is 1. The van der Waals surface area contributed by atoms with Gasteiger partial charge in [0.2, 0.25) is 10.0 Å². The Kier molecular flexibility index (Phi) is 11.5. The van der Waals surface area contributed by atoms with E-state index in [1.165, 1.54) is 0 Å². The van der Waals surface area contributed by atoms with E-state index in [9.17, 15) is 18.3 Å². The fourth-order valence-corrected chi connectivity index (χ4v) is 9.50. The highest BCUT2D eigenvalue weighted by Crippen LogP contribution is 2.51. The summed E-state index contributed by atoms with van der Waals surface area (Å²) < 4.78 is 42.3. The minimum atomic E-state index is -3.98. The number of sulfonamides is 1. The smallest absolute Gasteiger partial charge is 0.264 e. The van der Waals surface area contributed by atoms with Crippen LogP contribution in [0.15, 0.2) is 65.3 Å². The maximum Gasteiger partial charge on any atom is 0.264 e. The van der Waals surface area contributed by atoms with E-state index in [0.717, 1.165) is 48.9 Å². The molecule has 1 aromatic carbocycles. The number of nitrogens with zero attached hydrogens (tertiary/aromatic N) is 1. The molecular formula is C39H55ClN2O6S. The first kappa shape index (κ1) is 37.7. The SMILES string of the molecule is C=C1/C(=C\C(Cl)=C/C)CCC[C@]12COc1ccc3cc1N(C[C@@H]1CC[C@H]1[C@](C[C@H](O)C(C)C)(OC)/C=C/C[C@H](C)[C@@H](C)S(=O)(=O)NC3=O)C2. The van der Waals surface area contributed by atoms with Crippen LogP contribution >= 0.6 is 11.6 Å². The quantitative estimate of drug-likeness (QED) is 0.304. The number of allylic oxidation sites excluding steroid dienone is 5. The number of nitrogens with one attached hydrogen (secondary N) is 1. The Bertz CT molecular complexity index is 1620. The van der Waals surface area contributed by atoms with Crippen LogP contribution in [0.25, 0.3) is 0 Å². The number of hydrogen-bond donors (Lipinski definition) is 2. The number of rotatable bonds is 5. The normalized spacial score (nSPS) is 34.4. The Morgan fingerprint density at radius 3 is 2.69 bits per heavy atom. The van der Waals surface area contributed by atoms with Gasteiger partial charge in [-0.1, -0.05) is 57.2 Å². The number of ether oxygens (including phenoxy) is 2. The summed E-state index contributed by atoms with van der Waals surface area (Å²) in [7, 11) is -2.26. The summed E-state index contributed by atoms with van der Waals surface area (Å²) in [4.78, 5) is 15.9. The second-order valence-corrected chi connectivity index (χ2v) is 17.7. The number of methoxy groups -OCH3 is 1. The average molecular weight is 715 g/mol. The van der Waals surface area contributed by atoms with Gasteiger partial charge < -0.3 is 19.5 Å². The summed E-state index contributed by atoms with van der Waals surface area (Å²) in [5, 5.41) is 11.1. The van der Waals surface area contributed by atoms with Crippen LogP contribution in [-0.2, 0) is 14.8 Å². The van der Waals surface area contributed by atoms with Crippen molar-refractivity contribution in [1.29, 1.82) is 0 Å². The maximum atomic E-state index is 13.5. The molecule has 2 heterocycles. The maximum absolute atomic E-state index is 13.5. The number of fused-ring (bicyclic) bond motifs is 2. The van der Waals surface area contributed by atoms with E-state index in [1.54, 1.807) is 32.2 Å². The summed E-state index contributed by atoms with van der Waals surface area (Å²) in [6.45, 7) is 15.8. The summed E-state index contributed by atoms with van der Waals surface area (Å²) in [5.74, 6) is 0.140. The molecule has 0 unspecified atom stereocenters. The third kappa shape index (κ3) is 7.70. The Hall–Kier alpha value is -2.59. The molecule has 10 heteroatoms. The molecule has 1 aromatic rings. The monoisotopic (exact) mass is 714 g/mol. The Morgan fingerprint density at radius 1 is 1.29 bits per heavy atom. The van der Waals surface area contributed by atoms with Crippen molar-refractivity contribution < 1.29 is 27.8 Å². The average Bonchev–Trinajstić information content (AvgIpc) is 3.20. The molecule has 8 nitrogen and oxygen atoms in total. The van der Waals surface area contributed by atoms with Crippen molar-refractivity contribution in [3.05, 3.63) is 70.8 Å². The highest BCUT2D eigenvalue weighted by Gasteiger charge is 2.50. The molecule has 2 N–H and O–H groups in total. The molecule has 49 heavy (non-hydrogen) atoms. The van der Waals surface area contributed by atoms with Crippen molar-refractivity contribution in [3.8, 4) is 5.75 Å². The van der Waals surface area contributed by atoms with Gasteiger partial charge >= 0.3 is 0 Å². The fourth-order valence-electron chi connectivity index (χ4n) is 8.09. The van der Waals surface area contributed by atoms with Crippen LogP contribution in [0.5, 0.6) is 5.75 Å². The molecule has 2 saturated carbocycles. The third-order valence-electron chi connectivity index (χ3n) is 11.9. The molecule has 4 aliphatic rings. The minimum Gasteiger partial charge on any atom is -0.490 e. The molecule has 5 rings (SSSR count). The number of benzene rings is 1. The number of anilines is 1. The predicted molar refractivity (Wildman–Crippen MR) is 197 cm³/mol. The van der Waals surface area contributed by atoms with Gasteiger partial charge in [-0.25, -0.2) is 13.1 Å². The molecule has 1 amide bonds.